The second-order valence-electron chi connectivity index (χ2n) is 4.26. The lowest BCUT2D eigenvalue weighted by Crippen LogP contribution is -2.14. The molecule has 2 heterocycles. The lowest BCUT2D eigenvalue weighted by molar-refractivity contribution is -0.145. The van der Waals surface area contributed by atoms with E-state index in [-0.39, 0.29) is 10.8 Å². The van der Waals surface area contributed by atoms with Crippen LogP contribution >= 0.6 is 11.8 Å². The average Bonchev–Trinajstić information content (AvgIpc) is 2.81. The molecule has 0 fully saturated rings. The monoisotopic (exact) mass is 317 g/mol. The Labute approximate surface area is 124 Å². The van der Waals surface area contributed by atoms with Gasteiger partial charge in [0.05, 0.1) is 0 Å². The molecule has 0 aromatic carbocycles. The number of alkyl halides is 3. The molecule has 0 saturated carbocycles. The number of imidazole rings is 1. The molecule has 0 unspecified atom stereocenters. The lowest BCUT2D eigenvalue weighted by atomic mass is 10.4. The van der Waals surface area contributed by atoms with Crippen LogP contribution in [0.15, 0.2) is 28.6 Å². The number of hydrogen-bond donors (Lipinski definition) is 1. The predicted molar refractivity (Wildman–Crippen MR) is 73.1 cm³/mol. The number of hydrogen-bond acceptors (Lipinski definition) is 5. The number of aromatic nitrogens is 4. The summed E-state index contributed by atoms with van der Waals surface area (Å²) in [5.74, 6) is -0.990. The van der Waals surface area contributed by atoms with Crippen LogP contribution < -0.4 is 5.32 Å². The molecule has 0 aliphatic rings. The van der Waals surface area contributed by atoms with Crippen molar-refractivity contribution in [3.8, 4) is 0 Å². The van der Waals surface area contributed by atoms with Crippen LogP contribution in [-0.2, 0) is 13.2 Å². The molecule has 9 heteroatoms. The molecule has 21 heavy (non-hydrogen) atoms. The van der Waals surface area contributed by atoms with Gasteiger partial charge in [0.25, 0.3) is 0 Å². The second-order valence-corrected chi connectivity index (χ2v) is 5.25. The Bertz CT molecular complexity index is 611. The minimum atomic E-state index is -4.58. The molecule has 0 amide bonds. The fourth-order valence-electron chi connectivity index (χ4n) is 1.49. The zero-order valence-corrected chi connectivity index (χ0v) is 12.3. The van der Waals surface area contributed by atoms with Crippen molar-refractivity contribution in [3.05, 3.63) is 24.3 Å². The normalized spacial score (nSPS) is 11.7. The summed E-state index contributed by atoms with van der Waals surface area (Å²) in [6.45, 7) is 2.46. The quantitative estimate of drug-likeness (QED) is 0.858. The topological polar surface area (TPSA) is 55.6 Å². The first-order valence-corrected chi connectivity index (χ1v) is 7.07. The predicted octanol–water partition coefficient (Wildman–Crippen LogP) is 3.20. The van der Waals surface area contributed by atoms with Gasteiger partial charge in [-0.05, 0) is 18.2 Å². The third-order valence-electron chi connectivity index (χ3n) is 2.49. The third kappa shape index (κ3) is 4.10. The maximum Gasteiger partial charge on any atom is 0.451 e. The van der Waals surface area contributed by atoms with Crippen LogP contribution in [0.3, 0.4) is 0 Å². The Balaban J connectivity index is 2.33. The van der Waals surface area contributed by atoms with E-state index in [9.17, 15) is 13.2 Å². The molecule has 2 rings (SSSR count). The summed E-state index contributed by atoms with van der Waals surface area (Å²) >= 11 is 1.06. The largest absolute Gasteiger partial charge is 0.451 e. The Hall–Kier alpha value is -1.77. The van der Waals surface area contributed by atoms with Gasteiger partial charge in [-0.2, -0.15) is 13.2 Å². The Morgan fingerprint density at radius 2 is 2.10 bits per heavy atom. The number of halogens is 3. The molecule has 2 aromatic rings. The Morgan fingerprint density at radius 3 is 2.67 bits per heavy atom. The Morgan fingerprint density at radius 1 is 1.33 bits per heavy atom. The van der Waals surface area contributed by atoms with Crippen LogP contribution in [0.5, 0.6) is 0 Å². The molecule has 1 N–H and O–H groups in total. The zero-order chi connectivity index (χ0) is 15.5. The summed E-state index contributed by atoms with van der Waals surface area (Å²) in [7, 11) is 1.76. The Kier molecular flexibility index (Phi) is 4.71. The van der Waals surface area contributed by atoms with Gasteiger partial charge in [-0.3, -0.25) is 0 Å². The van der Waals surface area contributed by atoms with Crippen LogP contribution in [0.25, 0.3) is 0 Å². The van der Waals surface area contributed by atoms with Crippen molar-refractivity contribution in [1.82, 2.24) is 19.5 Å². The number of anilines is 1. The van der Waals surface area contributed by atoms with Gasteiger partial charge >= 0.3 is 6.18 Å². The summed E-state index contributed by atoms with van der Waals surface area (Å²) < 4.78 is 40.2. The van der Waals surface area contributed by atoms with Gasteiger partial charge in [0.1, 0.15) is 10.8 Å². The van der Waals surface area contributed by atoms with Gasteiger partial charge in [0, 0.05) is 32.1 Å². The SMILES string of the molecule is CCCNc1cc(Sc2nccn2C)nc(C(F)(F)F)n1. The smallest absolute Gasteiger partial charge is 0.370 e. The van der Waals surface area contributed by atoms with Crippen LogP contribution in [-0.4, -0.2) is 26.1 Å². The highest BCUT2D eigenvalue weighted by Crippen LogP contribution is 2.31. The standard InChI is InChI=1S/C12H14F3N5S/c1-3-4-16-8-7-9(19-10(18-8)12(13,14)15)21-11-17-5-6-20(11)2/h5-7H,3-4H2,1-2H3,(H,16,18,19). The van der Waals surface area contributed by atoms with Crippen molar-refractivity contribution >= 4 is 17.6 Å². The molecule has 0 radical (unpaired) electrons. The van der Waals surface area contributed by atoms with Crippen LogP contribution in [0.1, 0.15) is 19.2 Å². The van der Waals surface area contributed by atoms with Gasteiger partial charge in [-0.1, -0.05) is 6.92 Å². The highest BCUT2D eigenvalue weighted by Gasteiger charge is 2.35. The number of rotatable bonds is 5. The fourth-order valence-corrected chi connectivity index (χ4v) is 2.30. The van der Waals surface area contributed by atoms with Gasteiger partial charge in [-0.15, -0.1) is 0 Å². The molecule has 114 valence electrons. The van der Waals surface area contributed by atoms with E-state index < -0.39 is 12.0 Å². The van der Waals surface area contributed by atoms with Crippen molar-refractivity contribution in [1.29, 1.82) is 0 Å². The maximum absolute atomic E-state index is 12.8. The summed E-state index contributed by atoms with van der Waals surface area (Å²) in [5, 5.41) is 3.61. The number of nitrogens with one attached hydrogen (secondary N) is 1. The van der Waals surface area contributed by atoms with Crippen molar-refractivity contribution < 1.29 is 13.2 Å². The molecular weight excluding hydrogens is 303 g/mol. The van der Waals surface area contributed by atoms with Crippen molar-refractivity contribution in [2.45, 2.75) is 29.7 Å². The first kappa shape index (κ1) is 15.6. The molecule has 0 aliphatic carbocycles. The summed E-state index contributed by atoms with van der Waals surface area (Å²) in [4.78, 5) is 11.1. The van der Waals surface area contributed by atoms with E-state index in [1.54, 1.807) is 24.0 Å². The molecule has 0 atom stereocenters. The van der Waals surface area contributed by atoms with E-state index >= 15 is 0 Å². The summed E-state index contributed by atoms with van der Waals surface area (Å²) in [5.41, 5.74) is 0. The van der Waals surface area contributed by atoms with Gasteiger partial charge in [-0.25, -0.2) is 15.0 Å². The zero-order valence-electron chi connectivity index (χ0n) is 11.5. The second kappa shape index (κ2) is 6.33. The average molecular weight is 317 g/mol. The molecule has 0 aliphatic heterocycles. The molecule has 5 nitrogen and oxygen atoms in total. The number of aryl methyl sites for hydroxylation is 1. The van der Waals surface area contributed by atoms with Gasteiger partial charge in [0.2, 0.25) is 5.82 Å². The van der Waals surface area contributed by atoms with Crippen molar-refractivity contribution in [2.75, 3.05) is 11.9 Å². The van der Waals surface area contributed by atoms with Crippen LogP contribution in [0, 0.1) is 0 Å². The third-order valence-corrected chi connectivity index (χ3v) is 3.48. The molecular formula is C12H14F3N5S. The van der Waals surface area contributed by atoms with Crippen molar-refractivity contribution in [2.24, 2.45) is 7.05 Å². The number of nitrogens with zero attached hydrogens (tertiary/aromatic N) is 4. The lowest BCUT2D eigenvalue weighted by Gasteiger charge is -2.11. The van der Waals surface area contributed by atoms with Gasteiger partial charge < -0.3 is 9.88 Å². The van der Waals surface area contributed by atoms with E-state index in [4.69, 9.17) is 0 Å². The first-order valence-electron chi connectivity index (χ1n) is 6.25. The van der Waals surface area contributed by atoms with E-state index in [1.165, 1.54) is 6.07 Å². The molecule has 2 aromatic heterocycles. The fraction of sp³-hybridized carbons (Fsp3) is 0.417. The van der Waals surface area contributed by atoms with E-state index in [0.29, 0.717) is 11.7 Å². The minimum absolute atomic E-state index is 0.163. The maximum atomic E-state index is 12.8. The highest BCUT2D eigenvalue weighted by molar-refractivity contribution is 7.99. The molecule has 0 bridgehead atoms. The van der Waals surface area contributed by atoms with Crippen molar-refractivity contribution in [3.63, 3.8) is 0 Å². The molecule has 0 saturated heterocycles. The minimum Gasteiger partial charge on any atom is -0.370 e. The van der Waals surface area contributed by atoms with E-state index in [1.807, 2.05) is 6.92 Å². The summed E-state index contributed by atoms with van der Waals surface area (Å²) in [6.07, 6.45) is -0.511. The van der Waals surface area contributed by atoms with E-state index in [0.717, 1.165) is 18.2 Å². The van der Waals surface area contributed by atoms with Crippen LogP contribution in [0.2, 0.25) is 0 Å². The first-order chi connectivity index (χ1) is 9.90. The van der Waals surface area contributed by atoms with Crippen LogP contribution in [0.4, 0.5) is 19.0 Å². The van der Waals surface area contributed by atoms with Gasteiger partial charge in [0.15, 0.2) is 5.16 Å². The summed E-state index contributed by atoms with van der Waals surface area (Å²) in [6, 6.07) is 1.49. The van der Waals surface area contributed by atoms with E-state index in [2.05, 4.69) is 20.3 Å². The highest BCUT2D eigenvalue weighted by atomic mass is 32.2. The molecule has 0 spiro atoms.